The SMILES string of the molecule is CCOCCOC(=O)c1cc(I)ccc1I. The molecule has 0 aliphatic carbocycles. The Labute approximate surface area is 122 Å². The van der Waals surface area contributed by atoms with Gasteiger partial charge in [0.1, 0.15) is 6.61 Å². The number of carbonyl (C=O) groups is 1. The van der Waals surface area contributed by atoms with Crippen LogP contribution in [0.15, 0.2) is 18.2 Å². The van der Waals surface area contributed by atoms with Gasteiger partial charge in [0.05, 0.1) is 12.2 Å². The van der Waals surface area contributed by atoms with Crippen molar-refractivity contribution in [3.63, 3.8) is 0 Å². The van der Waals surface area contributed by atoms with E-state index < -0.39 is 0 Å². The minimum absolute atomic E-state index is 0.289. The zero-order chi connectivity index (χ0) is 12.0. The van der Waals surface area contributed by atoms with Crippen molar-refractivity contribution in [3.8, 4) is 0 Å². The maximum atomic E-state index is 11.7. The first-order valence-corrected chi connectivity index (χ1v) is 7.00. The largest absolute Gasteiger partial charge is 0.460 e. The molecule has 1 aromatic carbocycles. The lowest BCUT2D eigenvalue weighted by atomic mass is 10.2. The van der Waals surface area contributed by atoms with Gasteiger partial charge in [-0.25, -0.2) is 4.79 Å². The topological polar surface area (TPSA) is 35.5 Å². The Kier molecular flexibility index (Phi) is 6.59. The Hall–Kier alpha value is 0.110. The molecule has 0 atom stereocenters. The van der Waals surface area contributed by atoms with E-state index in [4.69, 9.17) is 9.47 Å². The number of carbonyl (C=O) groups excluding carboxylic acids is 1. The van der Waals surface area contributed by atoms with Gasteiger partial charge in [-0.1, -0.05) is 0 Å². The minimum atomic E-state index is -0.289. The van der Waals surface area contributed by atoms with E-state index in [1.165, 1.54) is 0 Å². The zero-order valence-corrected chi connectivity index (χ0v) is 13.1. The average Bonchev–Trinajstić information content (AvgIpc) is 2.27. The molecule has 0 radical (unpaired) electrons. The van der Waals surface area contributed by atoms with E-state index in [1.807, 2.05) is 25.1 Å². The van der Waals surface area contributed by atoms with Crippen LogP contribution >= 0.6 is 45.2 Å². The van der Waals surface area contributed by atoms with E-state index in [-0.39, 0.29) is 5.97 Å². The third-order valence-corrected chi connectivity index (χ3v) is 3.42. The maximum Gasteiger partial charge on any atom is 0.339 e. The molecule has 0 saturated carbocycles. The van der Waals surface area contributed by atoms with Gasteiger partial charge in [0, 0.05) is 13.7 Å². The molecule has 88 valence electrons. The van der Waals surface area contributed by atoms with Crippen LogP contribution in [0.1, 0.15) is 17.3 Å². The molecule has 0 unspecified atom stereocenters. The molecule has 0 aliphatic rings. The number of halogens is 2. The van der Waals surface area contributed by atoms with Crippen LogP contribution in [0, 0.1) is 7.14 Å². The van der Waals surface area contributed by atoms with Gasteiger partial charge >= 0.3 is 5.97 Å². The van der Waals surface area contributed by atoms with Crippen molar-refractivity contribution in [2.75, 3.05) is 19.8 Å². The smallest absolute Gasteiger partial charge is 0.339 e. The van der Waals surface area contributed by atoms with Crippen molar-refractivity contribution in [3.05, 3.63) is 30.9 Å². The quantitative estimate of drug-likeness (QED) is 0.397. The van der Waals surface area contributed by atoms with Crippen LogP contribution in [0.3, 0.4) is 0 Å². The molecule has 16 heavy (non-hydrogen) atoms. The van der Waals surface area contributed by atoms with Crippen LogP contribution in [0.2, 0.25) is 0 Å². The lowest BCUT2D eigenvalue weighted by Gasteiger charge is -2.06. The Balaban J connectivity index is 2.55. The van der Waals surface area contributed by atoms with E-state index in [9.17, 15) is 4.79 Å². The second kappa shape index (κ2) is 7.44. The first-order chi connectivity index (χ1) is 7.65. The summed E-state index contributed by atoms with van der Waals surface area (Å²) in [5.41, 5.74) is 0.615. The maximum absolute atomic E-state index is 11.7. The third-order valence-electron chi connectivity index (χ3n) is 1.81. The zero-order valence-electron chi connectivity index (χ0n) is 8.83. The Morgan fingerprint density at radius 3 is 2.75 bits per heavy atom. The normalized spacial score (nSPS) is 10.2. The fraction of sp³-hybridized carbons (Fsp3) is 0.364. The predicted molar refractivity (Wildman–Crippen MR) is 78.7 cm³/mol. The second-order valence-electron chi connectivity index (χ2n) is 2.96. The summed E-state index contributed by atoms with van der Waals surface area (Å²) in [5, 5.41) is 0. The van der Waals surface area contributed by atoms with Gasteiger partial charge in [-0.05, 0) is 70.3 Å². The van der Waals surface area contributed by atoms with Gasteiger partial charge in [0.15, 0.2) is 0 Å². The monoisotopic (exact) mass is 446 g/mol. The highest BCUT2D eigenvalue weighted by atomic mass is 127. The molecule has 1 rings (SSSR count). The molecule has 1 aromatic rings. The van der Waals surface area contributed by atoms with Crippen molar-refractivity contribution in [2.45, 2.75) is 6.92 Å². The van der Waals surface area contributed by atoms with Crippen LogP contribution in [0.4, 0.5) is 0 Å². The lowest BCUT2D eigenvalue weighted by Crippen LogP contribution is -2.12. The van der Waals surface area contributed by atoms with Crippen molar-refractivity contribution < 1.29 is 14.3 Å². The minimum Gasteiger partial charge on any atom is -0.460 e. The molecule has 0 amide bonds. The fourth-order valence-corrected chi connectivity index (χ4v) is 2.12. The van der Waals surface area contributed by atoms with E-state index >= 15 is 0 Å². The Bertz CT molecular complexity index is 366. The molecule has 0 N–H and O–H groups in total. The lowest BCUT2D eigenvalue weighted by molar-refractivity contribution is 0.0334. The summed E-state index contributed by atoms with van der Waals surface area (Å²) in [7, 11) is 0. The number of ether oxygens (including phenoxy) is 2. The number of hydrogen-bond acceptors (Lipinski definition) is 3. The van der Waals surface area contributed by atoms with E-state index in [0.29, 0.717) is 25.4 Å². The summed E-state index contributed by atoms with van der Waals surface area (Å²) < 4.78 is 12.1. The van der Waals surface area contributed by atoms with Gasteiger partial charge < -0.3 is 9.47 Å². The van der Waals surface area contributed by atoms with Crippen LogP contribution < -0.4 is 0 Å². The Morgan fingerprint density at radius 2 is 2.06 bits per heavy atom. The molecule has 0 aliphatic heterocycles. The molecule has 3 nitrogen and oxygen atoms in total. The third kappa shape index (κ3) is 4.54. The average molecular weight is 446 g/mol. The van der Waals surface area contributed by atoms with Gasteiger partial charge in [-0.3, -0.25) is 0 Å². The van der Waals surface area contributed by atoms with E-state index in [1.54, 1.807) is 0 Å². The highest BCUT2D eigenvalue weighted by molar-refractivity contribution is 14.1. The summed E-state index contributed by atoms with van der Waals surface area (Å²) in [4.78, 5) is 11.7. The second-order valence-corrected chi connectivity index (χ2v) is 5.36. The predicted octanol–water partition coefficient (Wildman–Crippen LogP) is 3.09. The molecule has 0 bridgehead atoms. The summed E-state index contributed by atoms with van der Waals surface area (Å²) in [6.45, 7) is 3.29. The number of rotatable bonds is 5. The van der Waals surface area contributed by atoms with Crippen LogP contribution in [0.5, 0.6) is 0 Å². The number of esters is 1. The van der Waals surface area contributed by atoms with Gasteiger partial charge in [-0.2, -0.15) is 0 Å². The molecule has 5 heteroatoms. The van der Waals surface area contributed by atoms with E-state index in [0.717, 1.165) is 7.14 Å². The Morgan fingerprint density at radius 1 is 1.31 bits per heavy atom. The van der Waals surface area contributed by atoms with Gasteiger partial charge in [-0.15, -0.1) is 0 Å². The molecular formula is C11H12I2O3. The van der Waals surface area contributed by atoms with Crippen molar-refractivity contribution in [1.29, 1.82) is 0 Å². The first-order valence-electron chi connectivity index (χ1n) is 4.85. The first kappa shape index (κ1) is 14.2. The summed E-state index contributed by atoms with van der Waals surface area (Å²) >= 11 is 4.30. The van der Waals surface area contributed by atoms with Crippen LogP contribution in [-0.2, 0) is 9.47 Å². The summed E-state index contributed by atoms with van der Waals surface area (Å²) in [5.74, 6) is -0.289. The van der Waals surface area contributed by atoms with Crippen molar-refractivity contribution in [2.24, 2.45) is 0 Å². The highest BCUT2D eigenvalue weighted by Crippen LogP contribution is 2.16. The van der Waals surface area contributed by atoms with Gasteiger partial charge in [0.2, 0.25) is 0 Å². The molecular weight excluding hydrogens is 434 g/mol. The molecule has 0 saturated heterocycles. The summed E-state index contributed by atoms with van der Waals surface area (Å²) in [6, 6.07) is 5.69. The van der Waals surface area contributed by atoms with Gasteiger partial charge in [0.25, 0.3) is 0 Å². The van der Waals surface area contributed by atoms with Crippen LogP contribution in [-0.4, -0.2) is 25.8 Å². The standard InChI is InChI=1S/C11H12I2O3/c1-2-15-5-6-16-11(14)9-7-8(12)3-4-10(9)13/h3-4,7H,2,5-6H2,1H3. The van der Waals surface area contributed by atoms with Crippen molar-refractivity contribution >= 4 is 51.2 Å². The molecule has 0 heterocycles. The van der Waals surface area contributed by atoms with Crippen LogP contribution in [0.25, 0.3) is 0 Å². The molecule has 0 spiro atoms. The number of benzene rings is 1. The summed E-state index contributed by atoms with van der Waals surface area (Å²) in [6.07, 6.45) is 0. The molecule has 0 fully saturated rings. The van der Waals surface area contributed by atoms with Crippen molar-refractivity contribution in [1.82, 2.24) is 0 Å². The molecule has 0 aromatic heterocycles. The number of hydrogen-bond donors (Lipinski definition) is 0. The highest BCUT2D eigenvalue weighted by Gasteiger charge is 2.11. The van der Waals surface area contributed by atoms with E-state index in [2.05, 4.69) is 45.2 Å². The fourth-order valence-electron chi connectivity index (χ4n) is 1.07.